The number of nitrogens with zero attached hydrogens (tertiary/aromatic N) is 1. The third-order valence-corrected chi connectivity index (χ3v) is 3.49. The molecule has 0 spiro atoms. The molecule has 1 unspecified atom stereocenters. The maximum absolute atomic E-state index is 6.10. The summed E-state index contributed by atoms with van der Waals surface area (Å²) in [5.74, 6) is 1.46. The number of para-hydroxylation sites is 1. The number of aromatic amines is 1. The zero-order valence-electron chi connectivity index (χ0n) is 11.4. The lowest BCUT2D eigenvalue weighted by atomic mass is 10.2. The summed E-state index contributed by atoms with van der Waals surface area (Å²) >= 11 is 6.10. The average Bonchev–Trinajstić information content (AvgIpc) is 2.84. The summed E-state index contributed by atoms with van der Waals surface area (Å²) in [6.07, 6.45) is -0.192. The lowest BCUT2D eigenvalue weighted by molar-refractivity contribution is 0.218. The number of rotatable bonds is 3. The van der Waals surface area contributed by atoms with Gasteiger partial charge in [-0.15, -0.1) is 0 Å². The molecule has 1 aromatic heterocycles. The highest BCUT2D eigenvalue weighted by atomic mass is 35.5. The van der Waals surface area contributed by atoms with Crippen LogP contribution in [0.15, 0.2) is 42.5 Å². The Hall–Kier alpha value is -2.00. The molecule has 0 saturated carbocycles. The SMILES string of the molecule is Cc1ccc2nc(C(C)Oc3ccccc3Cl)[nH]c2c1. The topological polar surface area (TPSA) is 37.9 Å². The first-order valence-corrected chi connectivity index (χ1v) is 6.89. The highest BCUT2D eigenvalue weighted by molar-refractivity contribution is 6.32. The van der Waals surface area contributed by atoms with Crippen molar-refractivity contribution in [1.29, 1.82) is 0 Å². The summed E-state index contributed by atoms with van der Waals surface area (Å²) in [6.45, 7) is 4.01. The van der Waals surface area contributed by atoms with E-state index in [1.54, 1.807) is 0 Å². The predicted octanol–water partition coefficient (Wildman–Crippen LogP) is 4.66. The standard InChI is InChI=1S/C16H15ClN2O/c1-10-7-8-13-14(9-10)19-16(18-13)11(2)20-15-6-4-3-5-12(15)17/h3-9,11H,1-2H3,(H,18,19). The van der Waals surface area contributed by atoms with Crippen LogP contribution in [0.25, 0.3) is 11.0 Å². The third-order valence-electron chi connectivity index (χ3n) is 3.18. The molecule has 1 atom stereocenters. The van der Waals surface area contributed by atoms with E-state index in [9.17, 15) is 0 Å². The van der Waals surface area contributed by atoms with E-state index in [1.807, 2.05) is 43.3 Å². The van der Waals surface area contributed by atoms with E-state index in [-0.39, 0.29) is 6.10 Å². The van der Waals surface area contributed by atoms with Gasteiger partial charge in [-0.2, -0.15) is 0 Å². The predicted molar refractivity (Wildman–Crippen MR) is 81.3 cm³/mol. The molecule has 2 aromatic carbocycles. The quantitative estimate of drug-likeness (QED) is 0.760. The maximum atomic E-state index is 6.10. The summed E-state index contributed by atoms with van der Waals surface area (Å²) in [5, 5.41) is 0.603. The number of fused-ring (bicyclic) bond motifs is 1. The number of hydrogen-bond acceptors (Lipinski definition) is 2. The Kier molecular flexibility index (Phi) is 3.36. The Labute approximate surface area is 122 Å². The van der Waals surface area contributed by atoms with Crippen LogP contribution in [0.1, 0.15) is 24.4 Å². The number of aromatic nitrogens is 2. The van der Waals surface area contributed by atoms with Crippen molar-refractivity contribution in [2.24, 2.45) is 0 Å². The lowest BCUT2D eigenvalue weighted by Gasteiger charge is -2.13. The van der Waals surface area contributed by atoms with Gasteiger partial charge in [-0.3, -0.25) is 0 Å². The van der Waals surface area contributed by atoms with Crippen molar-refractivity contribution in [1.82, 2.24) is 9.97 Å². The van der Waals surface area contributed by atoms with E-state index in [4.69, 9.17) is 16.3 Å². The molecule has 0 saturated heterocycles. The molecular formula is C16H15ClN2O. The first-order chi connectivity index (χ1) is 9.63. The molecule has 0 amide bonds. The van der Waals surface area contributed by atoms with Gasteiger partial charge in [0.05, 0.1) is 16.1 Å². The van der Waals surface area contributed by atoms with Gasteiger partial charge >= 0.3 is 0 Å². The second kappa shape index (κ2) is 5.17. The summed E-state index contributed by atoms with van der Waals surface area (Å²) in [5.41, 5.74) is 3.17. The maximum Gasteiger partial charge on any atom is 0.153 e. The van der Waals surface area contributed by atoms with Crippen molar-refractivity contribution < 1.29 is 4.74 Å². The average molecular weight is 287 g/mol. The molecule has 1 N–H and O–H groups in total. The van der Waals surface area contributed by atoms with Crippen molar-refractivity contribution in [3.63, 3.8) is 0 Å². The van der Waals surface area contributed by atoms with Crippen LogP contribution in [0, 0.1) is 6.92 Å². The summed E-state index contributed by atoms with van der Waals surface area (Å²) in [4.78, 5) is 7.85. The van der Waals surface area contributed by atoms with Crippen LogP contribution in [0.2, 0.25) is 5.02 Å². The molecule has 3 aromatic rings. The molecule has 102 valence electrons. The van der Waals surface area contributed by atoms with E-state index in [2.05, 4.69) is 23.0 Å². The van der Waals surface area contributed by atoms with Gasteiger partial charge in [0.15, 0.2) is 6.10 Å². The zero-order valence-corrected chi connectivity index (χ0v) is 12.1. The molecule has 0 radical (unpaired) electrons. The Morgan fingerprint density at radius 3 is 2.80 bits per heavy atom. The monoisotopic (exact) mass is 286 g/mol. The number of nitrogens with one attached hydrogen (secondary N) is 1. The van der Waals surface area contributed by atoms with Crippen LogP contribution >= 0.6 is 11.6 Å². The van der Waals surface area contributed by atoms with Gasteiger partial charge in [0, 0.05) is 0 Å². The third kappa shape index (κ3) is 2.49. The highest BCUT2D eigenvalue weighted by Crippen LogP contribution is 2.28. The van der Waals surface area contributed by atoms with Crippen LogP contribution in [-0.4, -0.2) is 9.97 Å². The Balaban J connectivity index is 1.89. The highest BCUT2D eigenvalue weighted by Gasteiger charge is 2.13. The number of hydrogen-bond donors (Lipinski definition) is 1. The number of H-pyrrole nitrogens is 1. The van der Waals surface area contributed by atoms with Crippen molar-refractivity contribution >= 4 is 22.6 Å². The normalized spacial score (nSPS) is 12.6. The number of aryl methyl sites for hydroxylation is 1. The van der Waals surface area contributed by atoms with Crippen LogP contribution in [0.3, 0.4) is 0 Å². The Morgan fingerprint density at radius 1 is 1.20 bits per heavy atom. The van der Waals surface area contributed by atoms with Crippen molar-refractivity contribution in [2.45, 2.75) is 20.0 Å². The number of benzene rings is 2. The molecule has 20 heavy (non-hydrogen) atoms. The molecule has 3 nitrogen and oxygen atoms in total. The molecule has 0 aliphatic rings. The van der Waals surface area contributed by atoms with Gasteiger partial charge in [0.1, 0.15) is 11.6 Å². The second-order valence-electron chi connectivity index (χ2n) is 4.83. The second-order valence-corrected chi connectivity index (χ2v) is 5.24. The Bertz CT molecular complexity index is 751. The zero-order chi connectivity index (χ0) is 14.1. The molecule has 0 fully saturated rings. The van der Waals surface area contributed by atoms with Crippen molar-refractivity contribution in [3.05, 3.63) is 58.9 Å². The first-order valence-electron chi connectivity index (χ1n) is 6.51. The van der Waals surface area contributed by atoms with Gasteiger partial charge in [-0.05, 0) is 43.7 Å². The lowest BCUT2D eigenvalue weighted by Crippen LogP contribution is -2.05. The van der Waals surface area contributed by atoms with Gasteiger partial charge in [-0.25, -0.2) is 4.98 Å². The largest absolute Gasteiger partial charge is 0.481 e. The minimum Gasteiger partial charge on any atom is -0.481 e. The molecule has 3 rings (SSSR count). The number of halogens is 1. The van der Waals surface area contributed by atoms with Crippen molar-refractivity contribution in [3.8, 4) is 5.75 Å². The fourth-order valence-electron chi connectivity index (χ4n) is 2.12. The van der Waals surface area contributed by atoms with E-state index >= 15 is 0 Å². The van der Waals surface area contributed by atoms with Crippen LogP contribution in [0.4, 0.5) is 0 Å². The van der Waals surface area contributed by atoms with Crippen LogP contribution in [-0.2, 0) is 0 Å². The van der Waals surface area contributed by atoms with Crippen LogP contribution in [0.5, 0.6) is 5.75 Å². The minimum atomic E-state index is -0.192. The fourth-order valence-corrected chi connectivity index (χ4v) is 2.30. The molecule has 1 heterocycles. The molecule has 0 aliphatic heterocycles. The van der Waals surface area contributed by atoms with Crippen LogP contribution < -0.4 is 4.74 Å². The van der Waals surface area contributed by atoms with Crippen molar-refractivity contribution in [2.75, 3.05) is 0 Å². The summed E-state index contributed by atoms with van der Waals surface area (Å²) in [6, 6.07) is 13.6. The first kappa shape index (κ1) is 13.0. The van der Waals surface area contributed by atoms with E-state index in [0.29, 0.717) is 10.8 Å². The Morgan fingerprint density at radius 2 is 2.00 bits per heavy atom. The number of imidazole rings is 1. The minimum absolute atomic E-state index is 0.192. The van der Waals surface area contributed by atoms with E-state index < -0.39 is 0 Å². The molecule has 4 heteroatoms. The number of ether oxygens (including phenoxy) is 1. The molecule has 0 bridgehead atoms. The van der Waals surface area contributed by atoms with Gasteiger partial charge in [0.25, 0.3) is 0 Å². The van der Waals surface area contributed by atoms with Gasteiger partial charge in [-0.1, -0.05) is 29.8 Å². The van der Waals surface area contributed by atoms with Gasteiger partial charge in [0.2, 0.25) is 0 Å². The fraction of sp³-hybridized carbons (Fsp3) is 0.188. The van der Waals surface area contributed by atoms with E-state index in [0.717, 1.165) is 16.9 Å². The van der Waals surface area contributed by atoms with Gasteiger partial charge < -0.3 is 9.72 Å². The summed E-state index contributed by atoms with van der Waals surface area (Å²) < 4.78 is 5.87. The van der Waals surface area contributed by atoms with E-state index in [1.165, 1.54) is 5.56 Å². The summed E-state index contributed by atoms with van der Waals surface area (Å²) in [7, 11) is 0. The molecular weight excluding hydrogens is 272 g/mol. The smallest absolute Gasteiger partial charge is 0.153 e. The molecule has 0 aliphatic carbocycles.